The lowest BCUT2D eigenvalue weighted by Crippen LogP contribution is -2.45. The molecule has 1 aliphatic heterocycles. The molecule has 1 N–H and O–H groups in total. The van der Waals surface area contributed by atoms with Crippen molar-refractivity contribution in [2.75, 3.05) is 13.2 Å². The Bertz CT molecular complexity index is 1160. The van der Waals surface area contributed by atoms with Crippen LogP contribution >= 0.6 is 0 Å². The molecule has 1 aliphatic rings. The van der Waals surface area contributed by atoms with Crippen LogP contribution in [-0.2, 0) is 0 Å². The zero-order chi connectivity index (χ0) is 22.8. The molecule has 7 heteroatoms. The summed E-state index contributed by atoms with van der Waals surface area (Å²) in [5.74, 6) is 1.68. The van der Waals surface area contributed by atoms with E-state index in [1.165, 1.54) is 5.56 Å². The second-order valence-electron chi connectivity index (χ2n) is 7.85. The number of carbonyl (C=O) groups is 1. The molecule has 2 heterocycles. The van der Waals surface area contributed by atoms with Crippen molar-refractivity contribution >= 4 is 11.6 Å². The van der Waals surface area contributed by atoms with Crippen LogP contribution in [0, 0.1) is 13.8 Å². The fourth-order valence-corrected chi connectivity index (χ4v) is 3.95. The minimum atomic E-state index is -0.377. The lowest BCUT2D eigenvalue weighted by molar-refractivity contribution is 0.207. The number of hydrogen-bond acceptors (Lipinski definition) is 5. The van der Waals surface area contributed by atoms with Crippen molar-refractivity contribution in [1.82, 2.24) is 20.4 Å². The molecule has 0 bridgehead atoms. The molecular weight excluding hydrogens is 404 g/mol. The SMILES string of the molecule is CCOc1ccc(-c2noc(C3=C(C)N(CC)C(=O)NC3c3ccc(C)c(C)c3)n2)cc1. The van der Waals surface area contributed by atoms with Gasteiger partial charge >= 0.3 is 6.03 Å². The number of hydrogen-bond donors (Lipinski definition) is 1. The Hall–Kier alpha value is -3.61. The summed E-state index contributed by atoms with van der Waals surface area (Å²) in [4.78, 5) is 19.1. The molecule has 1 unspecified atom stereocenters. The van der Waals surface area contributed by atoms with Gasteiger partial charge in [0.05, 0.1) is 18.2 Å². The van der Waals surface area contributed by atoms with Crippen LogP contribution in [0.15, 0.2) is 52.7 Å². The summed E-state index contributed by atoms with van der Waals surface area (Å²) in [6.07, 6.45) is 0. The van der Waals surface area contributed by atoms with E-state index in [-0.39, 0.29) is 12.1 Å². The first-order valence-corrected chi connectivity index (χ1v) is 10.9. The predicted molar refractivity (Wildman–Crippen MR) is 123 cm³/mol. The van der Waals surface area contributed by atoms with E-state index in [1.807, 2.05) is 51.1 Å². The third kappa shape index (κ3) is 3.98. The molecule has 0 spiro atoms. The number of urea groups is 1. The van der Waals surface area contributed by atoms with Crippen molar-refractivity contribution in [3.8, 4) is 17.1 Å². The van der Waals surface area contributed by atoms with Crippen molar-refractivity contribution in [1.29, 1.82) is 0 Å². The predicted octanol–water partition coefficient (Wildman–Crippen LogP) is 5.27. The van der Waals surface area contributed by atoms with Crippen LogP contribution in [0.25, 0.3) is 17.0 Å². The van der Waals surface area contributed by atoms with Crippen LogP contribution in [0.5, 0.6) is 5.75 Å². The highest BCUT2D eigenvalue weighted by Gasteiger charge is 2.35. The number of nitrogens with zero attached hydrogens (tertiary/aromatic N) is 3. The number of aromatic nitrogens is 2. The monoisotopic (exact) mass is 432 g/mol. The third-order valence-corrected chi connectivity index (χ3v) is 5.86. The molecule has 0 aliphatic carbocycles. The Morgan fingerprint density at radius 1 is 1.06 bits per heavy atom. The number of rotatable bonds is 6. The van der Waals surface area contributed by atoms with E-state index < -0.39 is 0 Å². The Morgan fingerprint density at radius 3 is 2.47 bits per heavy atom. The molecule has 2 aromatic carbocycles. The maximum atomic E-state index is 12.8. The van der Waals surface area contributed by atoms with Gasteiger partial charge in [-0.25, -0.2) is 4.79 Å². The van der Waals surface area contributed by atoms with Gasteiger partial charge in [-0.1, -0.05) is 23.4 Å². The molecule has 0 saturated heterocycles. The highest BCUT2D eigenvalue weighted by molar-refractivity contribution is 5.86. The van der Waals surface area contributed by atoms with E-state index in [0.29, 0.717) is 24.9 Å². The van der Waals surface area contributed by atoms with Crippen LogP contribution < -0.4 is 10.1 Å². The number of carbonyl (C=O) groups excluding carboxylic acids is 1. The standard InChI is InChI=1S/C25H28N4O3/c1-6-29-17(5)21(22(26-25(29)30)19-9-8-15(3)16(4)14-19)24-27-23(28-32-24)18-10-12-20(13-11-18)31-7-2/h8-14,22H,6-7H2,1-5H3,(H,26,30). The van der Waals surface area contributed by atoms with Crippen molar-refractivity contribution in [2.24, 2.45) is 0 Å². The topological polar surface area (TPSA) is 80.5 Å². The summed E-state index contributed by atoms with van der Waals surface area (Å²) >= 11 is 0. The van der Waals surface area contributed by atoms with Gasteiger partial charge in [-0.05, 0) is 75.6 Å². The Balaban J connectivity index is 1.76. The Labute approximate surface area is 188 Å². The van der Waals surface area contributed by atoms with Crippen LogP contribution in [0.4, 0.5) is 4.79 Å². The maximum Gasteiger partial charge on any atom is 0.322 e. The van der Waals surface area contributed by atoms with E-state index in [4.69, 9.17) is 9.26 Å². The van der Waals surface area contributed by atoms with Gasteiger partial charge in [0.1, 0.15) is 5.75 Å². The van der Waals surface area contributed by atoms with Gasteiger partial charge in [0.25, 0.3) is 5.89 Å². The summed E-state index contributed by atoms with van der Waals surface area (Å²) in [6, 6.07) is 13.3. The first kappa shape index (κ1) is 21.6. The lowest BCUT2D eigenvalue weighted by Gasteiger charge is -2.34. The van der Waals surface area contributed by atoms with Crippen molar-refractivity contribution in [3.05, 3.63) is 70.7 Å². The molecule has 1 atom stereocenters. The molecule has 4 rings (SSSR count). The Kier molecular flexibility index (Phi) is 5.99. The van der Waals surface area contributed by atoms with E-state index in [2.05, 4.69) is 41.4 Å². The normalized spacial score (nSPS) is 16.3. The molecule has 7 nitrogen and oxygen atoms in total. The van der Waals surface area contributed by atoms with Crippen LogP contribution in [0.1, 0.15) is 49.4 Å². The van der Waals surface area contributed by atoms with Crippen molar-refractivity contribution in [3.63, 3.8) is 0 Å². The molecule has 3 aromatic rings. The highest BCUT2D eigenvalue weighted by Crippen LogP contribution is 2.37. The number of aryl methyl sites for hydroxylation is 2. The van der Waals surface area contributed by atoms with E-state index >= 15 is 0 Å². The van der Waals surface area contributed by atoms with Crippen LogP contribution in [-0.4, -0.2) is 34.2 Å². The second-order valence-corrected chi connectivity index (χ2v) is 7.85. The average molecular weight is 433 g/mol. The minimum Gasteiger partial charge on any atom is -0.494 e. The molecule has 0 fully saturated rings. The van der Waals surface area contributed by atoms with E-state index in [0.717, 1.165) is 33.7 Å². The molecule has 166 valence electrons. The van der Waals surface area contributed by atoms with Crippen molar-refractivity contribution in [2.45, 2.75) is 40.7 Å². The van der Waals surface area contributed by atoms with Crippen LogP contribution in [0.3, 0.4) is 0 Å². The highest BCUT2D eigenvalue weighted by atomic mass is 16.5. The van der Waals surface area contributed by atoms with E-state index in [9.17, 15) is 4.79 Å². The van der Waals surface area contributed by atoms with Crippen molar-refractivity contribution < 1.29 is 14.1 Å². The molecule has 2 amide bonds. The quantitative estimate of drug-likeness (QED) is 0.574. The third-order valence-electron chi connectivity index (χ3n) is 5.86. The van der Waals surface area contributed by atoms with Gasteiger partial charge in [0.2, 0.25) is 5.82 Å². The Morgan fingerprint density at radius 2 is 1.81 bits per heavy atom. The van der Waals surface area contributed by atoms with Gasteiger partial charge in [-0.3, -0.25) is 4.90 Å². The maximum absolute atomic E-state index is 12.8. The van der Waals surface area contributed by atoms with Gasteiger partial charge in [-0.15, -0.1) is 0 Å². The van der Waals surface area contributed by atoms with Crippen LogP contribution in [0.2, 0.25) is 0 Å². The molecule has 0 radical (unpaired) electrons. The minimum absolute atomic E-state index is 0.136. The zero-order valence-electron chi connectivity index (χ0n) is 19.1. The van der Waals surface area contributed by atoms with Gasteiger partial charge in [-0.2, -0.15) is 4.98 Å². The number of allylic oxidation sites excluding steroid dienone is 1. The summed E-state index contributed by atoms with van der Waals surface area (Å²) in [5.41, 5.74) is 5.78. The second kappa shape index (κ2) is 8.86. The zero-order valence-corrected chi connectivity index (χ0v) is 19.1. The fourth-order valence-electron chi connectivity index (χ4n) is 3.95. The number of benzene rings is 2. The summed E-state index contributed by atoms with van der Waals surface area (Å²) in [7, 11) is 0. The smallest absolute Gasteiger partial charge is 0.322 e. The van der Waals surface area contributed by atoms with Gasteiger partial charge in [0.15, 0.2) is 0 Å². The fraction of sp³-hybridized carbons (Fsp3) is 0.320. The molecule has 1 aromatic heterocycles. The summed E-state index contributed by atoms with van der Waals surface area (Å²) < 4.78 is 11.2. The number of ether oxygens (including phenoxy) is 1. The summed E-state index contributed by atoms with van der Waals surface area (Å²) in [5, 5.41) is 7.32. The number of nitrogens with one attached hydrogen (secondary N) is 1. The number of amides is 2. The van der Waals surface area contributed by atoms with E-state index in [1.54, 1.807) is 4.90 Å². The summed E-state index contributed by atoms with van der Waals surface area (Å²) in [6.45, 7) is 11.1. The molecule has 32 heavy (non-hydrogen) atoms. The lowest BCUT2D eigenvalue weighted by atomic mass is 9.92. The van der Waals surface area contributed by atoms with Gasteiger partial charge in [0, 0.05) is 17.8 Å². The first-order chi connectivity index (χ1) is 15.4. The molecular formula is C25H28N4O3. The largest absolute Gasteiger partial charge is 0.494 e. The average Bonchev–Trinajstić information content (AvgIpc) is 3.26. The first-order valence-electron chi connectivity index (χ1n) is 10.9. The molecule has 0 saturated carbocycles. The van der Waals surface area contributed by atoms with Gasteiger partial charge < -0.3 is 14.6 Å².